The van der Waals surface area contributed by atoms with Gasteiger partial charge in [0, 0.05) is 69.4 Å². The van der Waals surface area contributed by atoms with Crippen LogP contribution in [0.15, 0.2) is 114 Å². The minimum absolute atomic E-state index is 0.798. The van der Waals surface area contributed by atoms with Crippen LogP contribution in [0.1, 0.15) is 37.3 Å². The summed E-state index contributed by atoms with van der Waals surface area (Å²) in [6, 6.07) is 17.5. The fourth-order valence-electron chi connectivity index (χ4n) is 4.95. The van der Waals surface area contributed by atoms with Crippen molar-refractivity contribution in [3.05, 3.63) is 120 Å². The number of benzene rings is 2. The molecule has 0 saturated carbocycles. The molecule has 0 aliphatic rings. The maximum Gasteiger partial charge on any atom is 0.0488 e. The summed E-state index contributed by atoms with van der Waals surface area (Å²) in [5.74, 6) is 2.03. The van der Waals surface area contributed by atoms with E-state index in [1.165, 1.54) is 28.1 Å². The van der Waals surface area contributed by atoms with Crippen LogP contribution < -0.4 is 15.1 Å². The van der Waals surface area contributed by atoms with E-state index in [-0.39, 0.29) is 0 Å². The van der Waals surface area contributed by atoms with Crippen LogP contribution in [0.3, 0.4) is 0 Å². The zero-order chi connectivity index (χ0) is 37.1. The van der Waals surface area contributed by atoms with Gasteiger partial charge in [0.1, 0.15) is 0 Å². The number of hydrogen-bond acceptors (Lipinski definition) is 8. The Morgan fingerprint density at radius 2 is 1.24 bits per heavy atom. The van der Waals surface area contributed by atoms with Crippen LogP contribution in [0.25, 0.3) is 12.2 Å². The lowest BCUT2D eigenvalue weighted by atomic mass is 10.1. The van der Waals surface area contributed by atoms with Gasteiger partial charge in [-0.05, 0) is 125 Å². The largest absolute Gasteiger partial charge is 0.390 e. The van der Waals surface area contributed by atoms with Crippen LogP contribution in [0.4, 0.5) is 11.4 Å². The van der Waals surface area contributed by atoms with Crippen LogP contribution >= 0.6 is 21.6 Å². The average Bonchev–Trinajstić information content (AvgIpc) is 3.12. The third-order valence-electron chi connectivity index (χ3n) is 7.96. The first kappa shape index (κ1) is 43.7. The lowest BCUT2D eigenvalue weighted by Crippen LogP contribution is -2.23. The SMILES string of the molecule is C=CC(/C=C/c1ccc(N(C)CCCN(C)C)cc1)=C\C=NCCSSCCN\C=C/C(=C\CC)/C=C/c1ccc(N(C)CCCN(C)C)cc1. The van der Waals surface area contributed by atoms with Crippen LogP contribution in [0.5, 0.6) is 0 Å². The van der Waals surface area contributed by atoms with Gasteiger partial charge in [0.2, 0.25) is 0 Å². The predicted octanol–water partition coefficient (Wildman–Crippen LogP) is 9.19. The molecule has 2 aromatic carbocycles. The lowest BCUT2D eigenvalue weighted by molar-refractivity contribution is 0.401. The van der Waals surface area contributed by atoms with Crippen molar-refractivity contribution in [1.29, 1.82) is 0 Å². The minimum atomic E-state index is 0.798. The van der Waals surface area contributed by atoms with Gasteiger partial charge in [-0.25, -0.2) is 0 Å². The Labute approximate surface area is 319 Å². The van der Waals surface area contributed by atoms with E-state index in [0.717, 1.165) is 75.6 Å². The summed E-state index contributed by atoms with van der Waals surface area (Å²) in [6.45, 7) is 12.2. The molecular formula is C43H64N6S2. The van der Waals surface area contributed by atoms with Crippen molar-refractivity contribution in [3.8, 4) is 0 Å². The van der Waals surface area contributed by atoms with Crippen molar-refractivity contribution in [3.63, 3.8) is 0 Å². The fraction of sp³-hybridized carbons (Fsp3) is 0.419. The van der Waals surface area contributed by atoms with E-state index >= 15 is 0 Å². The van der Waals surface area contributed by atoms with E-state index in [2.05, 4.69) is 177 Å². The maximum absolute atomic E-state index is 4.56. The molecule has 8 heteroatoms. The summed E-state index contributed by atoms with van der Waals surface area (Å²) < 4.78 is 0. The molecule has 278 valence electrons. The molecule has 1 N–H and O–H groups in total. The highest BCUT2D eigenvalue weighted by atomic mass is 33.1. The molecule has 6 nitrogen and oxygen atoms in total. The first-order valence-electron chi connectivity index (χ1n) is 18.2. The van der Waals surface area contributed by atoms with Crippen molar-refractivity contribution >= 4 is 51.3 Å². The topological polar surface area (TPSA) is 37.4 Å². The highest BCUT2D eigenvalue weighted by Crippen LogP contribution is 2.20. The van der Waals surface area contributed by atoms with Gasteiger partial charge >= 0.3 is 0 Å². The van der Waals surface area contributed by atoms with E-state index in [0.29, 0.717) is 0 Å². The quantitative estimate of drug-likeness (QED) is 0.0448. The Balaban J connectivity index is 1.64. The number of rotatable bonds is 26. The molecule has 0 unspecified atom stereocenters. The van der Waals surface area contributed by atoms with Gasteiger partial charge in [-0.2, -0.15) is 0 Å². The summed E-state index contributed by atoms with van der Waals surface area (Å²) in [6.07, 6.45) is 24.2. The Morgan fingerprint density at radius 3 is 1.75 bits per heavy atom. The van der Waals surface area contributed by atoms with E-state index in [1.54, 1.807) is 0 Å². The monoisotopic (exact) mass is 728 g/mol. The third kappa shape index (κ3) is 20.9. The van der Waals surface area contributed by atoms with Gasteiger partial charge in [-0.15, -0.1) is 0 Å². The van der Waals surface area contributed by atoms with Gasteiger partial charge in [0.25, 0.3) is 0 Å². The first-order valence-corrected chi connectivity index (χ1v) is 20.7. The molecule has 0 heterocycles. The summed E-state index contributed by atoms with van der Waals surface area (Å²) in [4.78, 5) is 13.7. The molecular weight excluding hydrogens is 665 g/mol. The second-order valence-electron chi connectivity index (χ2n) is 13.0. The zero-order valence-electron chi connectivity index (χ0n) is 32.4. The molecule has 0 amide bonds. The molecule has 2 aromatic rings. The Hall–Kier alpha value is -3.43. The van der Waals surface area contributed by atoms with Crippen molar-refractivity contribution in [1.82, 2.24) is 15.1 Å². The van der Waals surface area contributed by atoms with Crippen LogP contribution in [-0.4, -0.2) is 109 Å². The molecule has 0 saturated heterocycles. The van der Waals surface area contributed by atoms with Gasteiger partial charge < -0.3 is 24.9 Å². The van der Waals surface area contributed by atoms with E-state index in [9.17, 15) is 0 Å². The van der Waals surface area contributed by atoms with Crippen molar-refractivity contribution in [2.75, 3.05) is 103 Å². The summed E-state index contributed by atoms with van der Waals surface area (Å²) in [5, 5.41) is 3.43. The highest BCUT2D eigenvalue weighted by Gasteiger charge is 2.02. The number of allylic oxidation sites excluding steroid dienone is 8. The summed E-state index contributed by atoms with van der Waals surface area (Å²) in [5.41, 5.74) is 7.14. The third-order valence-corrected chi connectivity index (χ3v) is 10.3. The van der Waals surface area contributed by atoms with Gasteiger partial charge in [0.15, 0.2) is 0 Å². The minimum Gasteiger partial charge on any atom is -0.390 e. The molecule has 0 aliphatic heterocycles. The Bertz CT molecular complexity index is 1400. The zero-order valence-corrected chi connectivity index (χ0v) is 34.1. The average molecular weight is 729 g/mol. The molecule has 0 aliphatic carbocycles. The van der Waals surface area contributed by atoms with Crippen molar-refractivity contribution in [2.24, 2.45) is 4.99 Å². The van der Waals surface area contributed by atoms with E-state index in [4.69, 9.17) is 0 Å². The molecule has 0 atom stereocenters. The lowest BCUT2D eigenvalue weighted by Gasteiger charge is -2.20. The first-order chi connectivity index (χ1) is 24.7. The van der Waals surface area contributed by atoms with Crippen LogP contribution in [0, 0.1) is 0 Å². The number of nitrogens with one attached hydrogen (secondary N) is 1. The highest BCUT2D eigenvalue weighted by molar-refractivity contribution is 8.76. The molecule has 51 heavy (non-hydrogen) atoms. The van der Waals surface area contributed by atoms with Gasteiger partial charge in [-0.1, -0.05) is 95.8 Å². The number of nitrogens with zero attached hydrogens (tertiary/aromatic N) is 5. The normalized spacial score (nSPS) is 12.8. The molecule has 0 spiro atoms. The molecule has 0 fully saturated rings. The molecule has 2 rings (SSSR count). The Kier molecular flexibility index (Phi) is 23.4. The van der Waals surface area contributed by atoms with Gasteiger partial charge in [-0.3, -0.25) is 4.99 Å². The second-order valence-corrected chi connectivity index (χ2v) is 15.7. The molecule has 0 bridgehead atoms. The van der Waals surface area contributed by atoms with E-state index in [1.807, 2.05) is 40.0 Å². The maximum atomic E-state index is 4.56. The predicted molar refractivity (Wildman–Crippen MR) is 236 cm³/mol. The van der Waals surface area contributed by atoms with Crippen molar-refractivity contribution in [2.45, 2.75) is 26.2 Å². The number of hydrogen-bond donors (Lipinski definition) is 1. The smallest absolute Gasteiger partial charge is 0.0488 e. The van der Waals surface area contributed by atoms with Gasteiger partial charge in [0.05, 0.1) is 0 Å². The fourth-order valence-corrected chi connectivity index (χ4v) is 6.75. The Morgan fingerprint density at radius 1 is 0.706 bits per heavy atom. The molecule has 0 radical (unpaired) electrons. The standard InChI is InChI=1S/C43H64N6S2/c1-9-13-39(16-17-41-20-24-43(25-21-41)49(8)35-12-33-47(5)6)27-29-45-31-37-51-50-36-30-44-28-26-38(10-2)14-15-40-18-22-42(23-19-40)48(7)34-11-32-46(3)4/h10,13-29,45H,2,9,11-12,30-37H2,1,3-8H3/b15-14+,17-16+,29-27-,38-26+,39-13-,44-28?. The number of aliphatic imine (C=N–C) groups is 1. The van der Waals surface area contributed by atoms with Crippen molar-refractivity contribution < 1.29 is 0 Å². The summed E-state index contributed by atoms with van der Waals surface area (Å²) in [7, 11) is 16.6. The number of anilines is 2. The second kappa shape index (κ2) is 27.3. The van der Waals surface area contributed by atoms with Crippen LogP contribution in [0.2, 0.25) is 0 Å². The molecule has 0 aromatic heterocycles. The van der Waals surface area contributed by atoms with Crippen LogP contribution in [-0.2, 0) is 0 Å². The summed E-state index contributed by atoms with van der Waals surface area (Å²) >= 11 is 0. The van der Waals surface area contributed by atoms with E-state index < -0.39 is 0 Å².